The van der Waals surface area contributed by atoms with E-state index < -0.39 is 0 Å². The molecular weight excluding hydrogens is 530 g/mol. The summed E-state index contributed by atoms with van der Waals surface area (Å²) in [4.78, 5) is 44.9. The van der Waals surface area contributed by atoms with E-state index in [0.717, 1.165) is 76.2 Å². The zero-order chi connectivity index (χ0) is 27.1. The molecule has 0 bridgehead atoms. The minimum atomic E-state index is -0.0420. The van der Waals surface area contributed by atoms with E-state index in [2.05, 4.69) is 36.8 Å². The highest BCUT2D eigenvalue weighted by atomic mass is 32.1. The molecule has 3 aliphatic rings. The zero-order valence-electron chi connectivity index (χ0n) is 22.1. The molecule has 2 saturated carbocycles. The molecule has 13 heteroatoms. The van der Waals surface area contributed by atoms with E-state index >= 15 is 0 Å². The predicted octanol–water partition coefficient (Wildman–Crippen LogP) is 1.83. The van der Waals surface area contributed by atoms with E-state index in [1.165, 1.54) is 0 Å². The molecule has 2 amide bonds. The Bertz CT molecular complexity index is 1530. The normalized spacial score (nSPS) is 17.6. The lowest BCUT2D eigenvalue weighted by atomic mass is 10.2. The van der Waals surface area contributed by atoms with Crippen LogP contribution >= 0.6 is 11.3 Å². The van der Waals surface area contributed by atoms with E-state index in [9.17, 15) is 9.59 Å². The molecule has 1 aliphatic heterocycles. The van der Waals surface area contributed by atoms with Gasteiger partial charge in [-0.1, -0.05) is 0 Å². The van der Waals surface area contributed by atoms with Gasteiger partial charge in [-0.2, -0.15) is 5.10 Å². The number of morpholine rings is 1. The molecule has 4 aromatic rings. The Balaban J connectivity index is 1.22. The third-order valence-corrected chi connectivity index (χ3v) is 8.43. The third kappa shape index (κ3) is 5.62. The highest BCUT2D eigenvalue weighted by Gasteiger charge is 2.28. The Kier molecular flexibility index (Phi) is 6.77. The van der Waals surface area contributed by atoms with Gasteiger partial charge in [0.1, 0.15) is 0 Å². The Morgan fingerprint density at radius 2 is 1.75 bits per heavy atom. The van der Waals surface area contributed by atoms with Gasteiger partial charge >= 0.3 is 0 Å². The molecule has 208 valence electrons. The van der Waals surface area contributed by atoms with Crippen molar-refractivity contribution in [1.29, 1.82) is 0 Å². The number of anilines is 1. The summed E-state index contributed by atoms with van der Waals surface area (Å²) in [6.07, 6.45) is 9.38. The quantitative estimate of drug-likeness (QED) is 0.264. The highest BCUT2D eigenvalue weighted by Crippen LogP contribution is 2.36. The van der Waals surface area contributed by atoms with Crippen molar-refractivity contribution in [3.05, 3.63) is 29.5 Å². The zero-order valence-corrected chi connectivity index (χ0v) is 22.9. The van der Waals surface area contributed by atoms with Crippen LogP contribution in [0.3, 0.4) is 0 Å². The molecule has 1 saturated heterocycles. The first kappa shape index (κ1) is 25.3. The number of amides is 2. The van der Waals surface area contributed by atoms with E-state index in [0.29, 0.717) is 25.6 Å². The van der Waals surface area contributed by atoms with Crippen LogP contribution in [0.2, 0.25) is 0 Å². The molecular formula is C27H31N9O3S. The average Bonchev–Trinajstić information content (AvgIpc) is 3.85. The topological polar surface area (TPSA) is 141 Å². The number of thiophene rings is 1. The maximum Gasteiger partial charge on any atom is 0.234 e. The lowest BCUT2D eigenvalue weighted by Gasteiger charge is -2.28. The van der Waals surface area contributed by atoms with Crippen LogP contribution in [0.1, 0.15) is 30.6 Å². The van der Waals surface area contributed by atoms with Crippen LogP contribution in [0.5, 0.6) is 0 Å². The summed E-state index contributed by atoms with van der Waals surface area (Å²) in [5, 5.41) is 14.2. The number of rotatable bonds is 10. The molecule has 5 heterocycles. The number of carbonyl (C=O) groups is 2. The number of fused-ring (bicyclic) bond motifs is 2. The van der Waals surface area contributed by atoms with Gasteiger partial charge in [0.05, 0.1) is 54.4 Å². The molecule has 0 radical (unpaired) electrons. The van der Waals surface area contributed by atoms with Gasteiger partial charge in [-0.3, -0.25) is 24.6 Å². The molecule has 0 aromatic carbocycles. The Labute approximate surface area is 234 Å². The van der Waals surface area contributed by atoms with Crippen LogP contribution in [-0.2, 0) is 20.9 Å². The van der Waals surface area contributed by atoms with Crippen molar-refractivity contribution in [2.75, 3.05) is 44.3 Å². The summed E-state index contributed by atoms with van der Waals surface area (Å²) in [6.45, 7) is 3.56. The fourth-order valence-electron chi connectivity index (χ4n) is 4.99. The Morgan fingerprint density at radius 1 is 1.02 bits per heavy atom. The van der Waals surface area contributed by atoms with Gasteiger partial charge < -0.3 is 20.3 Å². The highest BCUT2D eigenvalue weighted by molar-refractivity contribution is 7.19. The van der Waals surface area contributed by atoms with Crippen LogP contribution in [0.15, 0.2) is 24.7 Å². The number of nitrogens with zero attached hydrogens (tertiary/aromatic N) is 6. The number of carbonyl (C=O) groups excluding carboxylic acids is 2. The lowest BCUT2D eigenvalue weighted by Crippen LogP contribution is -2.43. The fourth-order valence-corrected chi connectivity index (χ4v) is 6.15. The molecule has 2 aliphatic carbocycles. The first-order chi connectivity index (χ1) is 19.6. The smallest absolute Gasteiger partial charge is 0.234 e. The van der Waals surface area contributed by atoms with E-state index in [1.807, 2.05) is 4.90 Å². The van der Waals surface area contributed by atoms with Crippen LogP contribution in [0.25, 0.3) is 32.5 Å². The number of ether oxygens (including phenoxy) is 1. The van der Waals surface area contributed by atoms with Gasteiger partial charge in [0, 0.05) is 53.7 Å². The molecule has 12 nitrogen and oxygen atoms in total. The standard InChI is InChI=1S/C27H31N9O3S/c37-23(30-16-1-2-16)14-35(15-24(38)31-17-3-4-17)13-18-9-21-25(40-18)27(36-5-7-39-8-6-36)33-26(32-21)20-10-28-12-22-19(20)11-29-34-22/h9-12,16-17H,1-8,13-15H2,(H,29,34)(H,30,37)(H,31,38). The summed E-state index contributed by atoms with van der Waals surface area (Å²) >= 11 is 1.62. The van der Waals surface area contributed by atoms with Gasteiger partial charge in [-0.25, -0.2) is 9.97 Å². The monoisotopic (exact) mass is 561 g/mol. The number of hydrogen-bond donors (Lipinski definition) is 3. The molecule has 0 spiro atoms. The van der Waals surface area contributed by atoms with Crippen molar-refractivity contribution in [2.45, 2.75) is 44.3 Å². The van der Waals surface area contributed by atoms with Crippen LogP contribution in [0.4, 0.5) is 5.82 Å². The number of pyridine rings is 1. The van der Waals surface area contributed by atoms with Crippen molar-refractivity contribution in [1.82, 2.24) is 40.7 Å². The van der Waals surface area contributed by atoms with Crippen molar-refractivity contribution in [3.8, 4) is 11.4 Å². The van der Waals surface area contributed by atoms with Gasteiger partial charge in [0.15, 0.2) is 11.6 Å². The summed E-state index contributed by atoms with van der Waals surface area (Å²) in [6, 6.07) is 2.61. The van der Waals surface area contributed by atoms with Gasteiger partial charge in [0.2, 0.25) is 11.8 Å². The van der Waals surface area contributed by atoms with Crippen molar-refractivity contribution < 1.29 is 14.3 Å². The number of aromatic nitrogens is 5. The van der Waals surface area contributed by atoms with Crippen molar-refractivity contribution in [2.24, 2.45) is 0 Å². The molecule has 0 atom stereocenters. The van der Waals surface area contributed by atoms with E-state index in [4.69, 9.17) is 14.7 Å². The van der Waals surface area contributed by atoms with Crippen LogP contribution in [0, 0.1) is 0 Å². The minimum Gasteiger partial charge on any atom is -0.378 e. The Hall–Kier alpha value is -3.68. The Morgan fingerprint density at radius 3 is 2.45 bits per heavy atom. The summed E-state index contributed by atoms with van der Waals surface area (Å²) < 4.78 is 6.59. The molecule has 3 N–H and O–H groups in total. The first-order valence-electron chi connectivity index (χ1n) is 13.8. The summed E-state index contributed by atoms with van der Waals surface area (Å²) in [7, 11) is 0. The minimum absolute atomic E-state index is 0.0420. The fraction of sp³-hybridized carbons (Fsp3) is 0.481. The van der Waals surface area contributed by atoms with Crippen LogP contribution < -0.4 is 15.5 Å². The van der Waals surface area contributed by atoms with Gasteiger partial charge in [-0.15, -0.1) is 11.3 Å². The second kappa shape index (κ2) is 10.7. The maximum atomic E-state index is 12.7. The van der Waals surface area contributed by atoms with Gasteiger partial charge in [0.25, 0.3) is 0 Å². The third-order valence-electron chi connectivity index (χ3n) is 7.32. The maximum absolute atomic E-state index is 12.7. The number of H-pyrrole nitrogens is 1. The second-order valence-corrected chi connectivity index (χ2v) is 11.9. The molecule has 40 heavy (non-hydrogen) atoms. The van der Waals surface area contributed by atoms with Crippen molar-refractivity contribution in [3.63, 3.8) is 0 Å². The second-order valence-electron chi connectivity index (χ2n) is 10.7. The predicted molar refractivity (Wildman–Crippen MR) is 151 cm³/mol. The SMILES string of the molecule is O=C(CN(CC(=O)NC1CC1)Cc1cc2nc(-c3cncc4[nH]ncc34)nc(N3CCOCC3)c2s1)NC1CC1. The van der Waals surface area contributed by atoms with E-state index in [-0.39, 0.29) is 37.0 Å². The number of hydrogen-bond acceptors (Lipinski definition) is 10. The number of aromatic amines is 1. The molecule has 4 aromatic heterocycles. The van der Waals surface area contributed by atoms with E-state index in [1.54, 1.807) is 29.9 Å². The molecule has 0 unspecified atom stereocenters. The first-order valence-corrected chi connectivity index (χ1v) is 14.6. The van der Waals surface area contributed by atoms with Crippen LogP contribution in [-0.4, -0.2) is 93.3 Å². The molecule has 3 fully saturated rings. The average molecular weight is 562 g/mol. The van der Waals surface area contributed by atoms with Crippen molar-refractivity contribution >= 4 is 50.1 Å². The summed E-state index contributed by atoms with van der Waals surface area (Å²) in [5.41, 5.74) is 2.46. The number of nitrogens with one attached hydrogen (secondary N) is 3. The largest absolute Gasteiger partial charge is 0.378 e. The molecule has 7 rings (SSSR count). The van der Waals surface area contributed by atoms with Gasteiger partial charge in [-0.05, 0) is 31.7 Å². The lowest BCUT2D eigenvalue weighted by molar-refractivity contribution is -0.125. The summed E-state index contributed by atoms with van der Waals surface area (Å²) in [5.74, 6) is 1.37.